The van der Waals surface area contributed by atoms with Crippen molar-refractivity contribution in [3.63, 3.8) is 0 Å². The molecule has 1 spiro atoms. The highest BCUT2D eigenvalue weighted by Crippen LogP contribution is 2.43. The van der Waals surface area contributed by atoms with E-state index in [1.165, 1.54) is 30.5 Å². The lowest BCUT2D eigenvalue weighted by Gasteiger charge is -2.34. The number of carbonyl (C=O) groups is 1. The summed E-state index contributed by atoms with van der Waals surface area (Å²) >= 11 is 6.22. The van der Waals surface area contributed by atoms with E-state index in [1.807, 2.05) is 0 Å². The summed E-state index contributed by atoms with van der Waals surface area (Å²) in [6.45, 7) is 0. The number of aromatic nitrogens is 4. The number of aromatic amines is 1. The maximum absolute atomic E-state index is 15.7. The number of H-pyrrole nitrogens is 1. The van der Waals surface area contributed by atoms with Crippen molar-refractivity contribution in [2.45, 2.75) is 56.5 Å². The zero-order valence-electron chi connectivity index (χ0n) is 21.4. The largest absolute Gasteiger partial charge is 0.384 e. The van der Waals surface area contributed by atoms with Gasteiger partial charge in [-0.3, -0.25) is 9.59 Å². The van der Waals surface area contributed by atoms with Gasteiger partial charge in [-0.25, -0.2) is 14.4 Å². The van der Waals surface area contributed by atoms with Crippen molar-refractivity contribution < 1.29 is 13.6 Å². The summed E-state index contributed by atoms with van der Waals surface area (Å²) in [5, 5.41) is 3.22. The predicted octanol–water partition coefficient (Wildman–Crippen LogP) is 4.95. The standard InChI is InChI=1S/C29H25ClF2N6O2/c30-17-5-3-14-12-29(9-1-2-10-29)37-28(40)24-16(23(14)25(17)31)11-22(39)38-19(24)6-7-20(38)27-34-13-18(35-27)15-4-8-21(33)36-26(15)32/h3-5,8,11,13,20H,1-2,6-7,9-10,12H2,(H2,33,36)(H,34,35)(H,37,40)/t20-/m1/s1. The number of benzene rings is 1. The number of pyridine rings is 2. The van der Waals surface area contributed by atoms with Crippen LogP contribution in [0.5, 0.6) is 0 Å². The second kappa shape index (κ2) is 8.99. The van der Waals surface area contributed by atoms with E-state index < -0.39 is 23.3 Å². The summed E-state index contributed by atoms with van der Waals surface area (Å²) in [6.07, 6.45) is 6.35. The van der Waals surface area contributed by atoms with Crippen molar-refractivity contribution >= 4 is 23.3 Å². The van der Waals surface area contributed by atoms with E-state index in [2.05, 4.69) is 20.3 Å². The van der Waals surface area contributed by atoms with E-state index in [-0.39, 0.29) is 44.6 Å². The molecule has 0 radical (unpaired) electrons. The van der Waals surface area contributed by atoms with Gasteiger partial charge in [-0.1, -0.05) is 30.5 Å². The highest BCUT2D eigenvalue weighted by Gasteiger charge is 2.42. The molecule has 1 amide bonds. The highest BCUT2D eigenvalue weighted by atomic mass is 35.5. The summed E-state index contributed by atoms with van der Waals surface area (Å²) in [5.74, 6) is -1.18. The number of hydrogen-bond acceptors (Lipinski definition) is 5. The Morgan fingerprint density at radius 2 is 1.88 bits per heavy atom. The van der Waals surface area contributed by atoms with Gasteiger partial charge in [0.05, 0.1) is 34.1 Å². The minimum atomic E-state index is -0.738. The Balaban J connectivity index is 1.39. The van der Waals surface area contributed by atoms with Crippen LogP contribution in [0.1, 0.15) is 65.6 Å². The third-order valence-electron chi connectivity index (χ3n) is 8.54. The number of rotatable bonds is 2. The van der Waals surface area contributed by atoms with E-state index in [4.69, 9.17) is 17.3 Å². The van der Waals surface area contributed by atoms with E-state index in [9.17, 15) is 14.0 Å². The van der Waals surface area contributed by atoms with Gasteiger partial charge < -0.3 is 20.6 Å². The van der Waals surface area contributed by atoms with Crippen LogP contribution >= 0.6 is 11.6 Å². The molecule has 4 aromatic rings. The quantitative estimate of drug-likeness (QED) is 0.299. The van der Waals surface area contributed by atoms with Crippen LogP contribution in [0.25, 0.3) is 22.4 Å². The van der Waals surface area contributed by atoms with Crippen molar-refractivity contribution in [3.8, 4) is 22.4 Å². The Bertz CT molecular complexity index is 1780. The molecule has 1 saturated carbocycles. The molecule has 0 unspecified atom stereocenters. The summed E-state index contributed by atoms with van der Waals surface area (Å²) in [7, 11) is 0. The molecule has 3 aliphatic rings. The Kier molecular flexibility index (Phi) is 5.61. The van der Waals surface area contributed by atoms with Crippen molar-refractivity contribution in [1.29, 1.82) is 0 Å². The summed E-state index contributed by atoms with van der Waals surface area (Å²) in [4.78, 5) is 38.8. The maximum atomic E-state index is 15.7. The van der Waals surface area contributed by atoms with Gasteiger partial charge >= 0.3 is 0 Å². The SMILES string of the molecule is Nc1ccc(-c2cnc([C@H]3CCc4c5c(cc(=O)n43)-c3c(ccc(Cl)c3F)CC3(CCCC3)NC5=O)[nH]2)c(F)n1. The number of nitrogens with zero attached hydrogens (tertiary/aromatic N) is 3. The molecule has 0 saturated heterocycles. The Hall–Kier alpha value is -4.05. The maximum Gasteiger partial charge on any atom is 0.254 e. The number of nitrogens with two attached hydrogens (primary N) is 1. The molecular weight excluding hydrogens is 538 g/mol. The number of hydrogen-bond donors (Lipinski definition) is 3. The van der Waals surface area contributed by atoms with E-state index in [1.54, 1.807) is 10.6 Å². The molecule has 8 nitrogen and oxygen atoms in total. The lowest BCUT2D eigenvalue weighted by molar-refractivity contribution is 0.0897. The molecule has 5 heterocycles. The van der Waals surface area contributed by atoms with Crippen LogP contribution < -0.4 is 16.6 Å². The normalized spacial score (nSPS) is 19.1. The number of imidazole rings is 1. The van der Waals surface area contributed by atoms with Crippen LogP contribution in [0.4, 0.5) is 14.6 Å². The number of fused-ring (bicyclic) bond motifs is 5. The molecule has 2 aliphatic heterocycles. The zero-order valence-corrected chi connectivity index (χ0v) is 22.1. The monoisotopic (exact) mass is 562 g/mol. The van der Waals surface area contributed by atoms with E-state index >= 15 is 4.39 Å². The first kappa shape index (κ1) is 25.0. The van der Waals surface area contributed by atoms with Crippen molar-refractivity contribution in [1.82, 2.24) is 24.8 Å². The molecule has 4 N–H and O–H groups in total. The van der Waals surface area contributed by atoms with E-state index in [0.29, 0.717) is 36.5 Å². The minimum Gasteiger partial charge on any atom is -0.384 e. The van der Waals surface area contributed by atoms with Gasteiger partial charge in [0.2, 0.25) is 5.95 Å². The topological polar surface area (TPSA) is 119 Å². The lowest BCUT2D eigenvalue weighted by Crippen LogP contribution is -2.49. The fourth-order valence-electron chi connectivity index (χ4n) is 6.76. The second-order valence-electron chi connectivity index (χ2n) is 10.9. The molecule has 7 rings (SSSR count). The highest BCUT2D eigenvalue weighted by molar-refractivity contribution is 6.31. The third kappa shape index (κ3) is 3.76. The van der Waals surface area contributed by atoms with Crippen LogP contribution in [0.15, 0.2) is 41.3 Å². The third-order valence-corrected chi connectivity index (χ3v) is 8.83. The molecule has 40 heavy (non-hydrogen) atoms. The van der Waals surface area contributed by atoms with Gasteiger partial charge in [0.1, 0.15) is 17.5 Å². The number of carbonyl (C=O) groups excluding carboxylic acids is 1. The Morgan fingerprint density at radius 3 is 2.65 bits per heavy atom. The summed E-state index contributed by atoms with van der Waals surface area (Å²) in [5.41, 5.74) is 7.30. The predicted molar refractivity (Wildman–Crippen MR) is 146 cm³/mol. The molecule has 204 valence electrons. The number of anilines is 1. The molecule has 1 fully saturated rings. The smallest absolute Gasteiger partial charge is 0.254 e. The summed E-state index contributed by atoms with van der Waals surface area (Å²) in [6, 6.07) is 7.14. The van der Waals surface area contributed by atoms with Gasteiger partial charge in [-0.05, 0) is 55.9 Å². The summed E-state index contributed by atoms with van der Waals surface area (Å²) < 4.78 is 31.7. The van der Waals surface area contributed by atoms with Crippen LogP contribution in [0, 0.1) is 11.8 Å². The first-order valence-electron chi connectivity index (χ1n) is 13.3. The van der Waals surface area contributed by atoms with Gasteiger partial charge in [0, 0.05) is 28.4 Å². The fourth-order valence-corrected chi connectivity index (χ4v) is 6.92. The molecule has 1 aromatic carbocycles. The van der Waals surface area contributed by atoms with Gasteiger partial charge in [0.15, 0.2) is 0 Å². The van der Waals surface area contributed by atoms with E-state index in [0.717, 1.165) is 31.2 Å². The fraction of sp³-hybridized carbons (Fsp3) is 0.310. The van der Waals surface area contributed by atoms with Crippen molar-refractivity contribution in [3.05, 3.63) is 86.3 Å². The lowest BCUT2D eigenvalue weighted by atomic mass is 9.82. The minimum absolute atomic E-state index is 0.0582. The Labute approximate surface area is 232 Å². The van der Waals surface area contributed by atoms with Crippen LogP contribution in [-0.4, -0.2) is 31.0 Å². The molecule has 1 aliphatic carbocycles. The average molecular weight is 563 g/mol. The first-order chi connectivity index (χ1) is 19.2. The van der Waals surface area contributed by atoms with Gasteiger partial charge in [0.25, 0.3) is 11.5 Å². The van der Waals surface area contributed by atoms with Crippen LogP contribution in [0.3, 0.4) is 0 Å². The average Bonchev–Trinajstić information content (AvgIpc) is 3.66. The van der Waals surface area contributed by atoms with Crippen molar-refractivity contribution in [2.75, 3.05) is 5.73 Å². The molecule has 3 aromatic heterocycles. The number of nitrogen functional groups attached to an aromatic ring is 1. The second-order valence-corrected chi connectivity index (χ2v) is 11.3. The number of nitrogens with one attached hydrogen (secondary N) is 2. The Morgan fingerprint density at radius 1 is 1.07 bits per heavy atom. The van der Waals surface area contributed by atoms with Crippen molar-refractivity contribution in [2.24, 2.45) is 0 Å². The number of amides is 1. The first-order valence-corrected chi connectivity index (χ1v) is 13.7. The van der Waals surface area contributed by atoms with Gasteiger partial charge in [-0.15, -0.1) is 0 Å². The molecule has 1 atom stereocenters. The van der Waals surface area contributed by atoms with Crippen LogP contribution in [-0.2, 0) is 12.8 Å². The van der Waals surface area contributed by atoms with Gasteiger partial charge in [-0.2, -0.15) is 4.39 Å². The zero-order chi connectivity index (χ0) is 27.8. The number of halogens is 3. The molecule has 0 bridgehead atoms. The molecular formula is C29H25ClF2N6O2. The molecule has 11 heteroatoms. The van der Waals surface area contributed by atoms with Crippen LogP contribution in [0.2, 0.25) is 5.02 Å².